The fraction of sp³-hybridized carbons (Fsp3) is 0.333. The lowest BCUT2D eigenvalue weighted by atomic mass is 9.98. The van der Waals surface area contributed by atoms with Gasteiger partial charge in [0.1, 0.15) is 5.75 Å². The average Bonchev–Trinajstić information content (AvgIpc) is 2.42. The number of ether oxygens (including phenoxy) is 1. The van der Waals surface area contributed by atoms with Crippen LogP contribution in [0, 0.1) is 12.7 Å². The first-order valence-corrected chi connectivity index (χ1v) is 7.23. The molecule has 0 aromatic heterocycles. The Bertz CT molecular complexity index is 623. The molecule has 2 rings (SSSR count). The van der Waals surface area contributed by atoms with E-state index >= 15 is 0 Å². The number of aryl methyl sites for hydroxylation is 1. The van der Waals surface area contributed by atoms with E-state index < -0.39 is 0 Å². The summed E-state index contributed by atoms with van der Waals surface area (Å²) in [5, 5.41) is 3.03. The molecule has 0 heterocycles. The van der Waals surface area contributed by atoms with Crippen molar-refractivity contribution in [3.8, 4) is 11.5 Å². The normalized spacial score (nSPS) is 11.0. The zero-order chi connectivity index (χ0) is 15.4. The van der Waals surface area contributed by atoms with Crippen LogP contribution in [0.2, 0.25) is 0 Å². The molecule has 0 radical (unpaired) electrons. The first-order valence-electron chi connectivity index (χ1n) is 7.23. The van der Waals surface area contributed by atoms with Crippen LogP contribution in [0.25, 0.3) is 0 Å². The molecule has 0 bridgehead atoms. The van der Waals surface area contributed by atoms with Crippen LogP contribution < -0.4 is 10.1 Å². The molecule has 3 heteroatoms. The van der Waals surface area contributed by atoms with E-state index in [4.69, 9.17) is 4.74 Å². The molecule has 0 aliphatic heterocycles. The maximum absolute atomic E-state index is 14.0. The minimum atomic E-state index is -0.340. The van der Waals surface area contributed by atoms with Gasteiger partial charge in [-0.05, 0) is 49.2 Å². The third kappa shape index (κ3) is 3.61. The van der Waals surface area contributed by atoms with Crippen LogP contribution in [0.4, 0.5) is 4.39 Å². The summed E-state index contributed by atoms with van der Waals surface area (Å²) in [4.78, 5) is 0. The van der Waals surface area contributed by atoms with Crippen molar-refractivity contribution in [2.24, 2.45) is 0 Å². The molecule has 21 heavy (non-hydrogen) atoms. The van der Waals surface area contributed by atoms with E-state index in [-0.39, 0.29) is 5.82 Å². The maximum atomic E-state index is 14.0. The van der Waals surface area contributed by atoms with Gasteiger partial charge in [0.25, 0.3) is 0 Å². The van der Waals surface area contributed by atoms with Gasteiger partial charge in [-0.3, -0.25) is 0 Å². The van der Waals surface area contributed by atoms with Gasteiger partial charge in [0.05, 0.1) is 0 Å². The molecule has 0 aliphatic carbocycles. The summed E-state index contributed by atoms with van der Waals surface area (Å²) >= 11 is 0. The number of para-hydroxylation sites is 1. The summed E-state index contributed by atoms with van der Waals surface area (Å²) in [6.45, 7) is 6.93. The molecule has 0 aliphatic rings. The van der Waals surface area contributed by atoms with Crippen molar-refractivity contribution in [1.29, 1.82) is 0 Å². The fourth-order valence-electron chi connectivity index (χ4n) is 2.47. The number of hydrogen-bond donors (Lipinski definition) is 1. The first kappa shape index (κ1) is 15.5. The number of hydrogen-bond acceptors (Lipinski definition) is 2. The number of halogens is 1. The lowest BCUT2D eigenvalue weighted by Gasteiger charge is -2.15. The Hall–Kier alpha value is -1.87. The largest absolute Gasteiger partial charge is 0.454 e. The molecule has 112 valence electrons. The monoisotopic (exact) mass is 287 g/mol. The van der Waals surface area contributed by atoms with E-state index in [9.17, 15) is 4.39 Å². The Morgan fingerprint density at radius 2 is 1.95 bits per heavy atom. The van der Waals surface area contributed by atoms with Gasteiger partial charge in [-0.15, -0.1) is 0 Å². The minimum absolute atomic E-state index is 0.295. The molecule has 1 N–H and O–H groups in total. The highest BCUT2D eigenvalue weighted by atomic mass is 19.1. The highest BCUT2D eigenvalue weighted by molar-refractivity contribution is 5.42. The van der Waals surface area contributed by atoms with Crippen molar-refractivity contribution in [3.05, 3.63) is 58.9 Å². The van der Waals surface area contributed by atoms with Crippen LogP contribution in [0.15, 0.2) is 36.4 Å². The Balaban J connectivity index is 2.32. The third-order valence-corrected chi connectivity index (χ3v) is 3.50. The van der Waals surface area contributed by atoms with Crippen molar-refractivity contribution >= 4 is 0 Å². The number of nitrogens with one attached hydrogen (secondary N) is 1. The van der Waals surface area contributed by atoms with Gasteiger partial charge in [0, 0.05) is 12.1 Å². The Morgan fingerprint density at radius 3 is 2.57 bits per heavy atom. The van der Waals surface area contributed by atoms with Crippen LogP contribution in [-0.2, 0) is 6.54 Å². The zero-order valence-electron chi connectivity index (χ0n) is 13.0. The van der Waals surface area contributed by atoms with Crippen molar-refractivity contribution in [3.63, 3.8) is 0 Å². The van der Waals surface area contributed by atoms with E-state index in [1.54, 1.807) is 6.07 Å². The average molecular weight is 287 g/mol. The lowest BCUT2D eigenvalue weighted by molar-refractivity contribution is 0.434. The molecule has 0 spiro atoms. The molecule has 0 saturated heterocycles. The SMILES string of the molecule is CNCc1cccc(F)c1Oc1ccc(C(C)C)c(C)c1. The van der Waals surface area contributed by atoms with E-state index in [0.717, 1.165) is 11.1 Å². The Morgan fingerprint density at radius 1 is 1.19 bits per heavy atom. The van der Waals surface area contributed by atoms with Crippen LogP contribution in [-0.4, -0.2) is 7.05 Å². The molecule has 0 fully saturated rings. The van der Waals surface area contributed by atoms with Crippen LogP contribution in [0.1, 0.15) is 36.5 Å². The summed E-state index contributed by atoms with van der Waals surface area (Å²) in [7, 11) is 1.83. The van der Waals surface area contributed by atoms with Gasteiger partial charge in [0.15, 0.2) is 11.6 Å². The lowest BCUT2D eigenvalue weighted by Crippen LogP contribution is -2.07. The second-order valence-electron chi connectivity index (χ2n) is 5.53. The van der Waals surface area contributed by atoms with Gasteiger partial charge in [-0.2, -0.15) is 0 Å². The molecule has 0 unspecified atom stereocenters. The predicted molar refractivity (Wildman–Crippen MR) is 84.5 cm³/mol. The molecule has 2 aromatic rings. The van der Waals surface area contributed by atoms with Gasteiger partial charge >= 0.3 is 0 Å². The molecular weight excluding hydrogens is 265 g/mol. The van der Waals surface area contributed by atoms with Crippen LogP contribution >= 0.6 is 0 Å². The molecular formula is C18H22FNO. The van der Waals surface area contributed by atoms with Gasteiger partial charge < -0.3 is 10.1 Å². The molecule has 0 amide bonds. The first-order chi connectivity index (χ1) is 10.0. The molecule has 0 saturated carbocycles. The van der Waals surface area contributed by atoms with Gasteiger partial charge in [-0.25, -0.2) is 4.39 Å². The Kier molecular flexibility index (Phi) is 4.97. The second-order valence-corrected chi connectivity index (χ2v) is 5.53. The topological polar surface area (TPSA) is 21.3 Å². The van der Waals surface area contributed by atoms with Crippen LogP contribution in [0.3, 0.4) is 0 Å². The van der Waals surface area contributed by atoms with E-state index in [2.05, 4.69) is 26.1 Å². The summed E-state index contributed by atoms with van der Waals surface area (Å²) in [5.74, 6) is 1.09. The van der Waals surface area contributed by atoms with Crippen molar-refractivity contribution in [2.45, 2.75) is 33.2 Å². The predicted octanol–water partition coefficient (Wildman–Crippen LogP) is 4.77. The molecule has 2 nitrogen and oxygen atoms in total. The summed E-state index contributed by atoms with van der Waals surface area (Å²) in [6, 6.07) is 10.9. The standard InChI is InChI=1S/C18H22FNO/c1-12(2)16-9-8-15(10-13(16)3)21-18-14(11-20-4)6-5-7-17(18)19/h5-10,12,20H,11H2,1-4H3. The van der Waals surface area contributed by atoms with Gasteiger partial charge in [-0.1, -0.05) is 32.0 Å². The zero-order valence-corrected chi connectivity index (χ0v) is 13.0. The number of benzene rings is 2. The Labute approximate surface area is 126 Å². The van der Waals surface area contributed by atoms with E-state index in [1.165, 1.54) is 11.6 Å². The van der Waals surface area contributed by atoms with Crippen molar-refractivity contribution in [2.75, 3.05) is 7.05 Å². The highest BCUT2D eigenvalue weighted by Gasteiger charge is 2.12. The third-order valence-electron chi connectivity index (χ3n) is 3.50. The van der Waals surface area contributed by atoms with Crippen molar-refractivity contribution in [1.82, 2.24) is 5.32 Å². The van der Waals surface area contributed by atoms with Gasteiger partial charge in [0.2, 0.25) is 0 Å². The summed E-state index contributed by atoms with van der Waals surface area (Å²) < 4.78 is 19.8. The van der Waals surface area contributed by atoms with E-state index in [0.29, 0.717) is 24.0 Å². The molecule has 2 aromatic carbocycles. The smallest absolute Gasteiger partial charge is 0.167 e. The van der Waals surface area contributed by atoms with E-state index in [1.807, 2.05) is 31.3 Å². The van der Waals surface area contributed by atoms with Crippen molar-refractivity contribution < 1.29 is 9.13 Å². The number of rotatable bonds is 5. The second kappa shape index (κ2) is 6.72. The minimum Gasteiger partial charge on any atom is -0.454 e. The van der Waals surface area contributed by atoms with Crippen LogP contribution in [0.5, 0.6) is 11.5 Å². The summed E-state index contributed by atoms with van der Waals surface area (Å²) in [5.41, 5.74) is 3.25. The summed E-state index contributed by atoms with van der Waals surface area (Å²) in [6.07, 6.45) is 0. The fourth-order valence-corrected chi connectivity index (χ4v) is 2.47. The quantitative estimate of drug-likeness (QED) is 0.855. The highest BCUT2D eigenvalue weighted by Crippen LogP contribution is 2.31. The molecule has 0 atom stereocenters. The maximum Gasteiger partial charge on any atom is 0.167 e.